The molecule has 1 amide bonds. The zero-order valence-electron chi connectivity index (χ0n) is 13.8. The normalized spacial score (nSPS) is 12.9. The number of hydrogen-bond acceptors (Lipinski definition) is 4. The lowest BCUT2D eigenvalue weighted by molar-refractivity contribution is -0.121. The lowest BCUT2D eigenvalue weighted by atomic mass is 9.90. The number of aromatic carboxylic acids is 1. The molecule has 0 spiro atoms. The van der Waals surface area contributed by atoms with Gasteiger partial charge >= 0.3 is 5.97 Å². The van der Waals surface area contributed by atoms with Crippen LogP contribution in [0.2, 0.25) is 0 Å². The Morgan fingerprint density at radius 3 is 2.26 bits per heavy atom. The summed E-state index contributed by atoms with van der Waals surface area (Å²) in [4.78, 5) is 23.4. The van der Waals surface area contributed by atoms with Crippen LogP contribution in [0.25, 0.3) is 0 Å². The monoisotopic (exact) mass is 341 g/mol. The van der Waals surface area contributed by atoms with Crippen molar-refractivity contribution in [2.75, 3.05) is 11.6 Å². The molecule has 2 N–H and O–H groups in total. The largest absolute Gasteiger partial charge is 0.478 e. The van der Waals surface area contributed by atoms with Crippen LogP contribution in [-0.4, -0.2) is 31.7 Å². The summed E-state index contributed by atoms with van der Waals surface area (Å²) in [6, 6.07) is 3.63. The van der Waals surface area contributed by atoms with E-state index in [1.54, 1.807) is 0 Å². The SMILES string of the molecule is CCCC(C(=O)Nc1cc(C(=O)O)cc(S(C)(=O)=O)c1)C(C)C. The molecule has 0 fully saturated rings. The predicted molar refractivity (Wildman–Crippen MR) is 88.4 cm³/mol. The third kappa shape index (κ3) is 5.35. The van der Waals surface area contributed by atoms with Gasteiger partial charge in [-0.1, -0.05) is 27.2 Å². The second kappa shape index (κ2) is 7.59. The first kappa shape index (κ1) is 19.2. The molecule has 1 rings (SSSR count). The molecule has 0 aliphatic rings. The van der Waals surface area contributed by atoms with Crippen molar-refractivity contribution in [2.45, 2.75) is 38.5 Å². The highest BCUT2D eigenvalue weighted by molar-refractivity contribution is 7.90. The number of anilines is 1. The molecule has 1 atom stereocenters. The van der Waals surface area contributed by atoms with Crippen molar-refractivity contribution in [3.05, 3.63) is 23.8 Å². The van der Waals surface area contributed by atoms with E-state index in [1.807, 2.05) is 20.8 Å². The van der Waals surface area contributed by atoms with Gasteiger partial charge in [-0.2, -0.15) is 0 Å². The second-order valence-corrected chi connectivity index (χ2v) is 7.97. The van der Waals surface area contributed by atoms with E-state index < -0.39 is 15.8 Å². The number of carboxylic acid groups (broad SMARTS) is 1. The van der Waals surface area contributed by atoms with Gasteiger partial charge in [-0.05, 0) is 30.5 Å². The number of nitrogens with one attached hydrogen (secondary N) is 1. The van der Waals surface area contributed by atoms with Gasteiger partial charge in [-0.3, -0.25) is 4.79 Å². The molecule has 0 aromatic heterocycles. The van der Waals surface area contributed by atoms with E-state index in [2.05, 4.69) is 5.32 Å². The third-order valence-corrected chi connectivity index (χ3v) is 4.68. The van der Waals surface area contributed by atoms with Crippen molar-refractivity contribution in [3.63, 3.8) is 0 Å². The summed E-state index contributed by atoms with van der Waals surface area (Å²) in [5.41, 5.74) is -0.00288. The Kier molecular flexibility index (Phi) is 6.32. The third-order valence-electron chi connectivity index (χ3n) is 3.59. The number of benzene rings is 1. The molecular formula is C16H23NO5S. The molecular weight excluding hydrogens is 318 g/mol. The number of carbonyl (C=O) groups excluding carboxylic acids is 1. The molecule has 0 saturated heterocycles. The van der Waals surface area contributed by atoms with Gasteiger partial charge in [0.2, 0.25) is 5.91 Å². The Morgan fingerprint density at radius 1 is 1.22 bits per heavy atom. The molecule has 23 heavy (non-hydrogen) atoms. The van der Waals surface area contributed by atoms with Crippen molar-refractivity contribution in [3.8, 4) is 0 Å². The van der Waals surface area contributed by atoms with Gasteiger partial charge in [-0.25, -0.2) is 13.2 Å². The van der Waals surface area contributed by atoms with E-state index in [-0.39, 0.29) is 33.9 Å². The summed E-state index contributed by atoms with van der Waals surface area (Å²) in [7, 11) is -3.58. The standard InChI is InChI=1S/C16H23NO5S/c1-5-6-14(10(2)3)15(18)17-12-7-11(16(19)20)8-13(9-12)23(4,21)22/h7-10,14H,5-6H2,1-4H3,(H,17,18)(H,19,20). The summed E-state index contributed by atoms with van der Waals surface area (Å²) in [6.45, 7) is 5.86. The minimum Gasteiger partial charge on any atom is -0.478 e. The summed E-state index contributed by atoms with van der Waals surface area (Å²) >= 11 is 0. The Balaban J connectivity index is 3.19. The quantitative estimate of drug-likeness (QED) is 0.794. The first-order valence-electron chi connectivity index (χ1n) is 7.45. The number of carboxylic acids is 1. The molecule has 0 bridgehead atoms. The Morgan fingerprint density at radius 2 is 1.83 bits per heavy atom. The van der Waals surface area contributed by atoms with Gasteiger partial charge in [0, 0.05) is 17.9 Å². The van der Waals surface area contributed by atoms with Crippen LogP contribution in [0.4, 0.5) is 5.69 Å². The van der Waals surface area contributed by atoms with Crippen molar-refractivity contribution in [1.29, 1.82) is 0 Å². The smallest absolute Gasteiger partial charge is 0.335 e. The summed E-state index contributed by atoms with van der Waals surface area (Å²) < 4.78 is 23.4. The number of carbonyl (C=O) groups is 2. The highest BCUT2D eigenvalue weighted by atomic mass is 32.2. The second-order valence-electron chi connectivity index (χ2n) is 5.95. The Bertz CT molecular complexity index is 694. The molecule has 1 unspecified atom stereocenters. The van der Waals surface area contributed by atoms with Crippen molar-refractivity contribution >= 4 is 27.4 Å². The number of rotatable bonds is 7. The van der Waals surface area contributed by atoms with Gasteiger partial charge in [0.1, 0.15) is 0 Å². The summed E-state index contributed by atoms with van der Waals surface area (Å²) in [6.07, 6.45) is 2.55. The van der Waals surface area contributed by atoms with Gasteiger partial charge in [0.15, 0.2) is 9.84 Å². The van der Waals surface area contributed by atoms with Gasteiger partial charge in [0.05, 0.1) is 10.5 Å². The molecule has 0 saturated carbocycles. The average molecular weight is 341 g/mol. The van der Waals surface area contributed by atoms with Crippen LogP contribution in [0.3, 0.4) is 0 Å². The van der Waals surface area contributed by atoms with Crippen LogP contribution in [0.5, 0.6) is 0 Å². The summed E-state index contributed by atoms with van der Waals surface area (Å²) in [5.74, 6) is -1.56. The summed E-state index contributed by atoms with van der Waals surface area (Å²) in [5, 5.41) is 11.8. The van der Waals surface area contributed by atoms with Crippen molar-refractivity contribution in [1.82, 2.24) is 0 Å². The van der Waals surface area contributed by atoms with Crippen LogP contribution in [0, 0.1) is 11.8 Å². The first-order valence-corrected chi connectivity index (χ1v) is 9.34. The molecule has 1 aromatic rings. The van der Waals surface area contributed by atoms with Crippen LogP contribution in [-0.2, 0) is 14.6 Å². The first-order chi connectivity index (χ1) is 10.6. The zero-order chi connectivity index (χ0) is 17.8. The average Bonchev–Trinajstić information content (AvgIpc) is 2.42. The van der Waals surface area contributed by atoms with Gasteiger partial charge in [0.25, 0.3) is 0 Å². The minimum absolute atomic E-state index is 0.131. The lowest BCUT2D eigenvalue weighted by Crippen LogP contribution is -2.27. The van der Waals surface area contributed by atoms with Crippen LogP contribution >= 0.6 is 0 Å². The minimum atomic E-state index is -3.58. The number of hydrogen-bond donors (Lipinski definition) is 2. The Labute approximate surface area is 136 Å². The van der Waals surface area contributed by atoms with Crippen molar-refractivity contribution < 1.29 is 23.1 Å². The maximum atomic E-state index is 12.4. The fraction of sp³-hybridized carbons (Fsp3) is 0.500. The molecule has 0 radical (unpaired) electrons. The fourth-order valence-corrected chi connectivity index (χ4v) is 3.00. The Hall–Kier alpha value is -1.89. The fourth-order valence-electron chi connectivity index (χ4n) is 2.32. The van der Waals surface area contributed by atoms with Crippen LogP contribution < -0.4 is 5.32 Å². The molecule has 0 heterocycles. The molecule has 1 aromatic carbocycles. The zero-order valence-corrected chi connectivity index (χ0v) is 14.6. The molecule has 0 aliphatic carbocycles. The van der Waals surface area contributed by atoms with E-state index >= 15 is 0 Å². The van der Waals surface area contributed by atoms with Gasteiger partial charge < -0.3 is 10.4 Å². The highest BCUT2D eigenvalue weighted by Crippen LogP contribution is 2.23. The lowest BCUT2D eigenvalue weighted by Gasteiger charge is -2.20. The maximum Gasteiger partial charge on any atom is 0.335 e. The van der Waals surface area contributed by atoms with E-state index in [4.69, 9.17) is 5.11 Å². The molecule has 6 nitrogen and oxygen atoms in total. The van der Waals surface area contributed by atoms with E-state index in [0.29, 0.717) is 6.42 Å². The highest BCUT2D eigenvalue weighted by Gasteiger charge is 2.22. The predicted octanol–water partition coefficient (Wildman–Crippen LogP) is 2.80. The topological polar surface area (TPSA) is 101 Å². The van der Waals surface area contributed by atoms with Crippen LogP contribution in [0.15, 0.2) is 23.1 Å². The van der Waals surface area contributed by atoms with Crippen molar-refractivity contribution in [2.24, 2.45) is 11.8 Å². The molecule has 7 heteroatoms. The van der Waals surface area contributed by atoms with Gasteiger partial charge in [-0.15, -0.1) is 0 Å². The maximum absolute atomic E-state index is 12.4. The van der Waals surface area contributed by atoms with E-state index in [1.165, 1.54) is 12.1 Å². The van der Waals surface area contributed by atoms with E-state index in [0.717, 1.165) is 18.7 Å². The number of sulfone groups is 1. The number of amides is 1. The molecule has 128 valence electrons. The van der Waals surface area contributed by atoms with E-state index in [9.17, 15) is 18.0 Å². The molecule has 0 aliphatic heterocycles. The van der Waals surface area contributed by atoms with Crippen LogP contribution in [0.1, 0.15) is 44.0 Å².